The second-order valence-electron chi connectivity index (χ2n) is 4.55. The van der Waals surface area contributed by atoms with Crippen molar-refractivity contribution < 1.29 is 0 Å². The maximum absolute atomic E-state index is 5.74. The van der Waals surface area contributed by atoms with Crippen molar-refractivity contribution in [1.82, 2.24) is 5.32 Å². The molecule has 0 aromatic rings. The topological polar surface area (TPSA) is 38.0 Å². The monoisotopic (exact) mass is 158 g/mol. The molecule has 0 radical (unpaired) electrons. The predicted octanol–water partition coefficient (Wildman–Crippen LogP) is 1.22. The van der Waals surface area contributed by atoms with Crippen LogP contribution in [-0.2, 0) is 0 Å². The molecule has 0 aliphatic rings. The third kappa shape index (κ3) is 2.46. The molecular formula is C9H22N2. The normalized spacial score (nSPS) is 18.0. The average Bonchev–Trinajstić information content (AvgIpc) is 1.86. The van der Waals surface area contributed by atoms with E-state index in [2.05, 4.69) is 33.0 Å². The van der Waals surface area contributed by atoms with E-state index in [1.165, 1.54) is 0 Å². The van der Waals surface area contributed by atoms with Gasteiger partial charge in [-0.3, -0.25) is 0 Å². The van der Waals surface area contributed by atoms with E-state index in [1.54, 1.807) is 0 Å². The van der Waals surface area contributed by atoms with Crippen LogP contribution in [0.4, 0.5) is 0 Å². The van der Waals surface area contributed by atoms with E-state index in [0.29, 0.717) is 0 Å². The Labute approximate surface area is 70.5 Å². The summed E-state index contributed by atoms with van der Waals surface area (Å²) in [6.45, 7) is 10.6. The third-order valence-corrected chi connectivity index (χ3v) is 2.83. The van der Waals surface area contributed by atoms with Crippen molar-refractivity contribution in [3.05, 3.63) is 0 Å². The first kappa shape index (κ1) is 10.9. The Morgan fingerprint density at radius 1 is 1.18 bits per heavy atom. The molecule has 68 valence electrons. The van der Waals surface area contributed by atoms with Crippen LogP contribution in [0.15, 0.2) is 0 Å². The van der Waals surface area contributed by atoms with Crippen LogP contribution < -0.4 is 11.1 Å². The van der Waals surface area contributed by atoms with E-state index in [-0.39, 0.29) is 10.8 Å². The molecule has 2 heteroatoms. The molecule has 0 aromatic heterocycles. The summed E-state index contributed by atoms with van der Waals surface area (Å²) in [5.41, 5.74) is 6.20. The number of nitrogens with two attached hydrogens (primary N) is 1. The molecule has 0 saturated carbocycles. The molecule has 2 nitrogen and oxygen atoms in total. The largest absolute Gasteiger partial charge is 0.330 e. The maximum atomic E-state index is 5.74. The third-order valence-electron chi connectivity index (χ3n) is 2.83. The number of hydrogen-bond acceptors (Lipinski definition) is 2. The van der Waals surface area contributed by atoms with Gasteiger partial charge in [0.1, 0.15) is 0 Å². The molecule has 0 aliphatic heterocycles. The Morgan fingerprint density at radius 2 is 1.64 bits per heavy atom. The van der Waals surface area contributed by atoms with E-state index in [0.717, 1.165) is 13.1 Å². The van der Waals surface area contributed by atoms with Crippen molar-refractivity contribution >= 4 is 0 Å². The molecule has 0 fully saturated rings. The van der Waals surface area contributed by atoms with Crippen molar-refractivity contribution in [3.63, 3.8) is 0 Å². The quantitative estimate of drug-likeness (QED) is 0.648. The van der Waals surface area contributed by atoms with Crippen molar-refractivity contribution in [2.45, 2.75) is 27.7 Å². The molecule has 0 spiro atoms. The summed E-state index contributed by atoms with van der Waals surface area (Å²) in [5, 5.41) is 3.19. The Hall–Kier alpha value is -0.0800. The Balaban J connectivity index is 4.33. The zero-order valence-electron chi connectivity index (χ0n) is 8.49. The van der Waals surface area contributed by atoms with Crippen LogP contribution in [0.3, 0.4) is 0 Å². The van der Waals surface area contributed by atoms with Gasteiger partial charge in [0.15, 0.2) is 0 Å². The lowest BCUT2D eigenvalue weighted by Gasteiger charge is -2.41. The standard InChI is InChI=1S/C9H22N2/c1-8(2,3)9(4,6-10)7-11-5/h11H,6-7,10H2,1-5H3. The Kier molecular flexibility index (Phi) is 3.52. The van der Waals surface area contributed by atoms with E-state index in [1.807, 2.05) is 7.05 Å². The first-order valence-electron chi connectivity index (χ1n) is 4.22. The molecule has 0 aliphatic carbocycles. The van der Waals surface area contributed by atoms with Crippen LogP contribution in [0, 0.1) is 10.8 Å². The Bertz CT molecular complexity index is 115. The van der Waals surface area contributed by atoms with Crippen LogP contribution in [0.25, 0.3) is 0 Å². The summed E-state index contributed by atoms with van der Waals surface area (Å²) in [5.74, 6) is 0. The fourth-order valence-corrected chi connectivity index (χ4v) is 1.03. The molecule has 0 rings (SSSR count). The summed E-state index contributed by atoms with van der Waals surface area (Å²) < 4.78 is 0. The zero-order valence-corrected chi connectivity index (χ0v) is 8.49. The summed E-state index contributed by atoms with van der Waals surface area (Å²) in [6, 6.07) is 0. The van der Waals surface area contributed by atoms with Crippen LogP contribution >= 0.6 is 0 Å². The molecule has 0 bridgehead atoms. The summed E-state index contributed by atoms with van der Waals surface area (Å²) in [7, 11) is 1.97. The fourth-order valence-electron chi connectivity index (χ4n) is 1.03. The minimum absolute atomic E-state index is 0.196. The van der Waals surface area contributed by atoms with Gasteiger partial charge in [0, 0.05) is 6.54 Å². The van der Waals surface area contributed by atoms with Gasteiger partial charge in [-0.1, -0.05) is 27.7 Å². The first-order chi connectivity index (χ1) is 4.87. The average molecular weight is 158 g/mol. The fraction of sp³-hybridized carbons (Fsp3) is 1.00. The van der Waals surface area contributed by atoms with E-state index in [4.69, 9.17) is 5.73 Å². The van der Waals surface area contributed by atoms with E-state index < -0.39 is 0 Å². The highest BCUT2D eigenvalue weighted by atomic mass is 14.8. The van der Waals surface area contributed by atoms with Gasteiger partial charge < -0.3 is 11.1 Å². The molecular weight excluding hydrogens is 136 g/mol. The number of nitrogens with one attached hydrogen (secondary N) is 1. The predicted molar refractivity (Wildman–Crippen MR) is 50.5 cm³/mol. The molecule has 1 unspecified atom stereocenters. The van der Waals surface area contributed by atoms with Gasteiger partial charge in [-0.05, 0) is 24.4 Å². The van der Waals surface area contributed by atoms with Gasteiger partial charge >= 0.3 is 0 Å². The summed E-state index contributed by atoms with van der Waals surface area (Å²) >= 11 is 0. The molecule has 0 aromatic carbocycles. The maximum Gasteiger partial charge on any atom is 0.00193 e. The van der Waals surface area contributed by atoms with Crippen LogP contribution in [0.1, 0.15) is 27.7 Å². The second kappa shape index (κ2) is 3.55. The Morgan fingerprint density at radius 3 is 1.73 bits per heavy atom. The molecule has 1 atom stereocenters. The minimum atomic E-state index is 0.196. The number of hydrogen-bond donors (Lipinski definition) is 2. The van der Waals surface area contributed by atoms with Crippen LogP contribution in [-0.4, -0.2) is 20.1 Å². The lowest BCUT2D eigenvalue weighted by atomic mass is 9.68. The molecule has 11 heavy (non-hydrogen) atoms. The van der Waals surface area contributed by atoms with Crippen LogP contribution in [0.5, 0.6) is 0 Å². The van der Waals surface area contributed by atoms with Gasteiger partial charge in [-0.25, -0.2) is 0 Å². The first-order valence-corrected chi connectivity index (χ1v) is 4.22. The summed E-state index contributed by atoms with van der Waals surface area (Å²) in [4.78, 5) is 0. The molecule has 0 heterocycles. The second-order valence-corrected chi connectivity index (χ2v) is 4.55. The van der Waals surface area contributed by atoms with Crippen molar-refractivity contribution in [1.29, 1.82) is 0 Å². The van der Waals surface area contributed by atoms with Gasteiger partial charge in [0.2, 0.25) is 0 Å². The van der Waals surface area contributed by atoms with E-state index in [9.17, 15) is 0 Å². The van der Waals surface area contributed by atoms with Crippen molar-refractivity contribution in [2.75, 3.05) is 20.1 Å². The number of rotatable bonds is 3. The van der Waals surface area contributed by atoms with E-state index >= 15 is 0 Å². The lowest BCUT2D eigenvalue weighted by molar-refractivity contribution is 0.119. The molecule has 0 saturated heterocycles. The molecule has 0 amide bonds. The van der Waals surface area contributed by atoms with Gasteiger partial charge in [-0.2, -0.15) is 0 Å². The molecule has 3 N–H and O–H groups in total. The lowest BCUT2D eigenvalue weighted by Crippen LogP contribution is -2.46. The van der Waals surface area contributed by atoms with Gasteiger partial charge in [-0.15, -0.1) is 0 Å². The SMILES string of the molecule is CNCC(C)(CN)C(C)(C)C. The highest BCUT2D eigenvalue weighted by Crippen LogP contribution is 2.36. The van der Waals surface area contributed by atoms with Gasteiger partial charge in [0.25, 0.3) is 0 Å². The van der Waals surface area contributed by atoms with Crippen molar-refractivity contribution in [2.24, 2.45) is 16.6 Å². The highest BCUT2D eigenvalue weighted by molar-refractivity contribution is 4.88. The smallest absolute Gasteiger partial charge is 0.00193 e. The summed E-state index contributed by atoms with van der Waals surface area (Å²) in [6.07, 6.45) is 0. The van der Waals surface area contributed by atoms with Crippen molar-refractivity contribution in [3.8, 4) is 0 Å². The minimum Gasteiger partial charge on any atom is -0.330 e. The van der Waals surface area contributed by atoms with Crippen LogP contribution in [0.2, 0.25) is 0 Å². The zero-order chi connectivity index (χ0) is 9.12. The highest BCUT2D eigenvalue weighted by Gasteiger charge is 2.35. The van der Waals surface area contributed by atoms with Gasteiger partial charge in [0.05, 0.1) is 0 Å².